The van der Waals surface area contributed by atoms with Gasteiger partial charge in [-0.15, -0.1) is 0 Å². The minimum Gasteiger partial charge on any atom is -0.489 e. The summed E-state index contributed by atoms with van der Waals surface area (Å²) in [7, 11) is 0. The van der Waals surface area contributed by atoms with E-state index in [1.54, 1.807) is 12.1 Å². The van der Waals surface area contributed by atoms with Crippen LogP contribution in [0.5, 0.6) is 5.75 Å². The van der Waals surface area contributed by atoms with Crippen molar-refractivity contribution in [1.82, 2.24) is 0 Å². The number of rotatable bonds is 6. The molecule has 24 heavy (non-hydrogen) atoms. The molecule has 0 atom stereocenters. The maximum absolute atomic E-state index is 12.9. The Kier molecular flexibility index (Phi) is 5.34. The minimum atomic E-state index is -0.236. The summed E-state index contributed by atoms with van der Waals surface area (Å²) in [6, 6.07) is 21.8. The summed E-state index contributed by atoms with van der Waals surface area (Å²) in [6.45, 7) is 1.10. The first-order valence-electron chi connectivity index (χ1n) is 7.65. The van der Waals surface area contributed by atoms with E-state index in [9.17, 15) is 4.39 Å². The van der Waals surface area contributed by atoms with Crippen LogP contribution in [0.2, 0.25) is 5.02 Å². The molecule has 0 amide bonds. The predicted molar refractivity (Wildman–Crippen MR) is 96.0 cm³/mol. The predicted octanol–water partition coefficient (Wildman–Crippen LogP) is 5.67. The van der Waals surface area contributed by atoms with E-state index < -0.39 is 0 Å². The fourth-order valence-electron chi connectivity index (χ4n) is 2.25. The van der Waals surface area contributed by atoms with Crippen LogP contribution in [-0.4, -0.2) is 0 Å². The molecule has 3 aromatic carbocycles. The highest BCUT2D eigenvalue weighted by Gasteiger charge is 2.01. The van der Waals surface area contributed by atoms with E-state index in [1.165, 1.54) is 12.1 Å². The molecule has 0 unspecified atom stereocenters. The Balaban J connectivity index is 1.53. The van der Waals surface area contributed by atoms with Crippen LogP contribution in [0.25, 0.3) is 0 Å². The van der Waals surface area contributed by atoms with Crippen molar-refractivity contribution in [2.75, 3.05) is 5.32 Å². The number of anilines is 1. The Hall–Kier alpha value is -2.52. The van der Waals surface area contributed by atoms with Crippen molar-refractivity contribution < 1.29 is 9.13 Å². The molecule has 0 aromatic heterocycles. The molecule has 122 valence electrons. The van der Waals surface area contributed by atoms with Crippen LogP contribution in [0, 0.1) is 5.82 Å². The van der Waals surface area contributed by atoms with E-state index in [2.05, 4.69) is 5.32 Å². The smallest absolute Gasteiger partial charge is 0.123 e. The van der Waals surface area contributed by atoms with E-state index in [0.29, 0.717) is 18.2 Å². The van der Waals surface area contributed by atoms with Gasteiger partial charge in [0.2, 0.25) is 0 Å². The molecule has 0 radical (unpaired) electrons. The molecule has 0 aliphatic heterocycles. The lowest BCUT2D eigenvalue weighted by molar-refractivity contribution is 0.306. The molecule has 0 spiro atoms. The third-order valence-corrected chi connectivity index (χ3v) is 3.99. The number of hydrogen-bond acceptors (Lipinski definition) is 2. The average molecular weight is 342 g/mol. The van der Waals surface area contributed by atoms with Crippen molar-refractivity contribution in [1.29, 1.82) is 0 Å². The zero-order valence-corrected chi connectivity index (χ0v) is 13.8. The Labute approximate surface area is 145 Å². The molecule has 4 heteroatoms. The average Bonchev–Trinajstić information content (AvgIpc) is 2.61. The van der Waals surface area contributed by atoms with E-state index in [4.69, 9.17) is 16.3 Å². The van der Waals surface area contributed by atoms with E-state index in [-0.39, 0.29) is 5.82 Å². The number of nitrogens with one attached hydrogen (secondary N) is 1. The van der Waals surface area contributed by atoms with Crippen LogP contribution in [-0.2, 0) is 13.2 Å². The molecule has 0 saturated heterocycles. The second-order valence-corrected chi connectivity index (χ2v) is 5.79. The summed E-state index contributed by atoms with van der Waals surface area (Å²) in [4.78, 5) is 0. The van der Waals surface area contributed by atoms with Gasteiger partial charge in [-0.05, 0) is 48.0 Å². The largest absolute Gasteiger partial charge is 0.489 e. The quantitative estimate of drug-likeness (QED) is 0.623. The molecule has 0 heterocycles. The highest BCUT2D eigenvalue weighted by atomic mass is 35.5. The maximum Gasteiger partial charge on any atom is 0.123 e. The summed E-state index contributed by atoms with van der Waals surface area (Å²) >= 11 is 6.11. The fraction of sp³-hybridized carbons (Fsp3) is 0.100. The van der Waals surface area contributed by atoms with Crippen molar-refractivity contribution in [2.45, 2.75) is 13.2 Å². The zero-order chi connectivity index (χ0) is 16.8. The van der Waals surface area contributed by atoms with Gasteiger partial charge in [-0.1, -0.05) is 41.9 Å². The highest BCUT2D eigenvalue weighted by Crippen LogP contribution is 2.19. The summed E-state index contributed by atoms with van der Waals surface area (Å²) in [5, 5.41) is 3.95. The molecular formula is C20H17ClFNO. The number of halogens is 2. The van der Waals surface area contributed by atoms with E-state index >= 15 is 0 Å². The summed E-state index contributed by atoms with van der Waals surface area (Å²) in [5.74, 6) is 0.557. The Morgan fingerprint density at radius 3 is 2.29 bits per heavy atom. The third kappa shape index (κ3) is 4.49. The summed E-state index contributed by atoms with van der Waals surface area (Å²) < 4.78 is 18.6. The monoisotopic (exact) mass is 341 g/mol. The second kappa shape index (κ2) is 7.84. The van der Waals surface area contributed by atoms with E-state index in [0.717, 1.165) is 22.6 Å². The van der Waals surface area contributed by atoms with Gasteiger partial charge >= 0.3 is 0 Å². The molecule has 3 rings (SSSR count). The van der Waals surface area contributed by atoms with Gasteiger partial charge in [-0.25, -0.2) is 4.39 Å². The van der Waals surface area contributed by atoms with Crippen LogP contribution in [0.4, 0.5) is 10.1 Å². The van der Waals surface area contributed by atoms with Crippen LogP contribution in [0.1, 0.15) is 11.1 Å². The SMILES string of the molecule is Fc1ccc(NCc2ccc(OCc3ccccc3Cl)cc2)cc1. The third-order valence-electron chi connectivity index (χ3n) is 3.62. The van der Waals surface area contributed by atoms with Crippen LogP contribution < -0.4 is 10.1 Å². The van der Waals surface area contributed by atoms with Gasteiger partial charge in [0.1, 0.15) is 18.2 Å². The van der Waals surface area contributed by atoms with Crippen LogP contribution >= 0.6 is 11.6 Å². The van der Waals surface area contributed by atoms with Gasteiger partial charge in [0.05, 0.1) is 0 Å². The van der Waals surface area contributed by atoms with Gasteiger partial charge in [-0.3, -0.25) is 0 Å². The molecule has 0 aliphatic rings. The van der Waals surface area contributed by atoms with Crippen molar-refractivity contribution in [3.8, 4) is 5.75 Å². The van der Waals surface area contributed by atoms with E-state index in [1.807, 2.05) is 48.5 Å². The molecule has 0 fully saturated rings. The van der Waals surface area contributed by atoms with Gasteiger partial charge in [0.15, 0.2) is 0 Å². The topological polar surface area (TPSA) is 21.3 Å². The summed E-state index contributed by atoms with van der Waals surface area (Å²) in [6.07, 6.45) is 0. The van der Waals surface area contributed by atoms with Gasteiger partial charge in [0.25, 0.3) is 0 Å². The molecule has 3 aromatic rings. The first-order chi connectivity index (χ1) is 11.7. The number of ether oxygens (including phenoxy) is 1. The van der Waals surface area contributed by atoms with Crippen LogP contribution in [0.3, 0.4) is 0 Å². The maximum atomic E-state index is 12.9. The van der Waals surface area contributed by atoms with Gasteiger partial charge in [0, 0.05) is 22.8 Å². The molecule has 0 bridgehead atoms. The Morgan fingerprint density at radius 1 is 0.875 bits per heavy atom. The summed E-state index contributed by atoms with van der Waals surface area (Å²) in [5.41, 5.74) is 2.96. The first kappa shape index (κ1) is 16.3. The Morgan fingerprint density at radius 2 is 1.58 bits per heavy atom. The van der Waals surface area contributed by atoms with Crippen molar-refractivity contribution in [3.05, 3.63) is 94.8 Å². The van der Waals surface area contributed by atoms with Crippen molar-refractivity contribution in [3.63, 3.8) is 0 Å². The molecule has 0 saturated carbocycles. The normalized spacial score (nSPS) is 10.4. The van der Waals surface area contributed by atoms with Crippen molar-refractivity contribution >= 4 is 17.3 Å². The lowest BCUT2D eigenvalue weighted by atomic mass is 10.2. The molecular weight excluding hydrogens is 325 g/mol. The zero-order valence-electron chi connectivity index (χ0n) is 13.0. The lowest BCUT2D eigenvalue weighted by Crippen LogP contribution is -2.00. The Bertz CT molecular complexity index is 787. The van der Waals surface area contributed by atoms with Gasteiger partial charge in [-0.2, -0.15) is 0 Å². The molecule has 0 aliphatic carbocycles. The van der Waals surface area contributed by atoms with Gasteiger partial charge < -0.3 is 10.1 Å². The highest BCUT2D eigenvalue weighted by molar-refractivity contribution is 6.31. The standard InChI is InChI=1S/C20H17ClFNO/c21-20-4-2-1-3-16(20)14-24-19-11-5-15(6-12-19)13-23-18-9-7-17(22)8-10-18/h1-12,23H,13-14H2. The number of benzene rings is 3. The number of hydrogen-bond donors (Lipinski definition) is 1. The first-order valence-corrected chi connectivity index (χ1v) is 8.03. The second-order valence-electron chi connectivity index (χ2n) is 5.38. The molecule has 2 nitrogen and oxygen atoms in total. The van der Waals surface area contributed by atoms with Crippen LogP contribution in [0.15, 0.2) is 72.8 Å². The fourth-order valence-corrected chi connectivity index (χ4v) is 2.44. The van der Waals surface area contributed by atoms with Crippen molar-refractivity contribution in [2.24, 2.45) is 0 Å². The molecule has 1 N–H and O–H groups in total. The minimum absolute atomic E-state index is 0.236. The lowest BCUT2D eigenvalue weighted by Gasteiger charge is -2.10.